The first-order valence-electron chi connectivity index (χ1n) is 7.48. The molecule has 0 aromatic heterocycles. The van der Waals surface area contributed by atoms with Crippen LogP contribution < -0.4 is 11.1 Å². The van der Waals surface area contributed by atoms with Crippen LogP contribution in [-0.4, -0.2) is 49.2 Å². The number of alkyl carbamates (subject to hydrolysis) is 1. The molecule has 6 heteroatoms. The zero-order chi connectivity index (χ0) is 14.5. The SMILES string of the molecule is COC(=O)NC1CCN(C(=O)CC2CCCCC2N)C1. The molecule has 114 valence electrons. The van der Waals surface area contributed by atoms with Crippen LogP contribution in [0.15, 0.2) is 0 Å². The standard InChI is InChI=1S/C14H25N3O3/c1-20-14(19)16-11-6-7-17(9-11)13(18)8-10-4-2-3-5-12(10)15/h10-12H,2-9,15H2,1H3,(H,16,19). The Labute approximate surface area is 120 Å². The van der Waals surface area contributed by atoms with Crippen LogP contribution in [0.1, 0.15) is 38.5 Å². The van der Waals surface area contributed by atoms with E-state index in [0.29, 0.717) is 25.4 Å². The van der Waals surface area contributed by atoms with Gasteiger partial charge in [0.1, 0.15) is 0 Å². The second kappa shape index (κ2) is 6.92. The number of rotatable bonds is 3. The Balaban J connectivity index is 1.77. The second-order valence-electron chi connectivity index (χ2n) is 5.87. The van der Waals surface area contributed by atoms with Gasteiger partial charge in [0.05, 0.1) is 13.2 Å². The van der Waals surface area contributed by atoms with Crippen molar-refractivity contribution in [1.29, 1.82) is 0 Å². The van der Waals surface area contributed by atoms with Gasteiger partial charge in [0.15, 0.2) is 0 Å². The third kappa shape index (κ3) is 3.85. The molecule has 2 rings (SSSR count). The lowest BCUT2D eigenvalue weighted by molar-refractivity contribution is -0.131. The van der Waals surface area contributed by atoms with Crippen molar-refractivity contribution in [3.63, 3.8) is 0 Å². The van der Waals surface area contributed by atoms with Gasteiger partial charge in [-0.05, 0) is 25.2 Å². The van der Waals surface area contributed by atoms with E-state index >= 15 is 0 Å². The number of methoxy groups -OCH3 is 1. The Hall–Kier alpha value is -1.30. The van der Waals surface area contributed by atoms with Crippen molar-refractivity contribution in [2.75, 3.05) is 20.2 Å². The fourth-order valence-electron chi connectivity index (χ4n) is 3.17. The van der Waals surface area contributed by atoms with Crippen molar-refractivity contribution in [3.8, 4) is 0 Å². The van der Waals surface area contributed by atoms with Crippen molar-refractivity contribution < 1.29 is 14.3 Å². The van der Waals surface area contributed by atoms with Gasteiger partial charge < -0.3 is 20.7 Å². The van der Waals surface area contributed by atoms with E-state index in [1.807, 2.05) is 4.90 Å². The summed E-state index contributed by atoms with van der Waals surface area (Å²) < 4.78 is 4.57. The van der Waals surface area contributed by atoms with E-state index < -0.39 is 6.09 Å². The Kier molecular flexibility index (Phi) is 5.23. The minimum absolute atomic E-state index is 0.00595. The number of nitrogens with zero attached hydrogens (tertiary/aromatic N) is 1. The van der Waals surface area contributed by atoms with E-state index in [1.54, 1.807) is 0 Å². The summed E-state index contributed by atoms with van der Waals surface area (Å²) in [6, 6.07) is 0.172. The molecule has 3 unspecified atom stereocenters. The largest absolute Gasteiger partial charge is 0.453 e. The summed E-state index contributed by atoms with van der Waals surface area (Å²) in [5.41, 5.74) is 6.09. The molecule has 0 aromatic rings. The quantitative estimate of drug-likeness (QED) is 0.804. The molecule has 3 atom stereocenters. The average Bonchev–Trinajstić information content (AvgIpc) is 2.89. The molecule has 1 aliphatic carbocycles. The Morgan fingerprint density at radius 1 is 1.30 bits per heavy atom. The van der Waals surface area contributed by atoms with Crippen molar-refractivity contribution in [3.05, 3.63) is 0 Å². The Morgan fingerprint density at radius 3 is 2.75 bits per heavy atom. The molecule has 0 radical (unpaired) electrons. The summed E-state index contributed by atoms with van der Waals surface area (Å²) in [6.45, 7) is 1.28. The van der Waals surface area contributed by atoms with Crippen LogP contribution in [0.3, 0.4) is 0 Å². The van der Waals surface area contributed by atoms with Crippen LogP contribution in [-0.2, 0) is 9.53 Å². The number of amides is 2. The maximum absolute atomic E-state index is 12.3. The van der Waals surface area contributed by atoms with Crippen molar-refractivity contribution >= 4 is 12.0 Å². The van der Waals surface area contributed by atoms with Crippen LogP contribution in [0.2, 0.25) is 0 Å². The third-order valence-corrected chi connectivity index (χ3v) is 4.45. The monoisotopic (exact) mass is 283 g/mol. The smallest absolute Gasteiger partial charge is 0.407 e. The van der Waals surface area contributed by atoms with Gasteiger partial charge in [-0.2, -0.15) is 0 Å². The average molecular weight is 283 g/mol. The van der Waals surface area contributed by atoms with E-state index in [2.05, 4.69) is 10.1 Å². The van der Waals surface area contributed by atoms with Gasteiger partial charge in [-0.15, -0.1) is 0 Å². The van der Waals surface area contributed by atoms with E-state index in [4.69, 9.17) is 5.73 Å². The third-order valence-electron chi connectivity index (χ3n) is 4.45. The van der Waals surface area contributed by atoms with Crippen molar-refractivity contribution in [2.45, 2.75) is 50.6 Å². The second-order valence-corrected chi connectivity index (χ2v) is 5.87. The molecule has 1 aliphatic heterocycles. The van der Waals surface area contributed by atoms with Crippen molar-refractivity contribution in [1.82, 2.24) is 10.2 Å². The van der Waals surface area contributed by atoms with Gasteiger partial charge in [0.2, 0.25) is 5.91 Å². The van der Waals surface area contributed by atoms with E-state index in [-0.39, 0.29) is 18.0 Å². The fourth-order valence-corrected chi connectivity index (χ4v) is 3.17. The molecule has 0 spiro atoms. The number of hydrogen-bond donors (Lipinski definition) is 2. The molecule has 6 nitrogen and oxygen atoms in total. The zero-order valence-corrected chi connectivity index (χ0v) is 12.1. The molecule has 0 aromatic carbocycles. The molecule has 3 N–H and O–H groups in total. The number of hydrogen-bond acceptors (Lipinski definition) is 4. The lowest BCUT2D eigenvalue weighted by Gasteiger charge is -2.29. The van der Waals surface area contributed by atoms with Gasteiger partial charge >= 0.3 is 6.09 Å². The summed E-state index contributed by atoms with van der Waals surface area (Å²) in [5.74, 6) is 0.491. The number of nitrogens with two attached hydrogens (primary N) is 1. The van der Waals surface area contributed by atoms with Crippen LogP contribution in [0.4, 0.5) is 4.79 Å². The number of carbonyl (C=O) groups is 2. The summed E-state index contributed by atoms with van der Waals surface area (Å²) in [4.78, 5) is 25.3. The molecule has 2 amide bonds. The number of ether oxygens (including phenoxy) is 1. The first kappa shape index (κ1) is 15.1. The van der Waals surface area contributed by atoms with Crippen LogP contribution in [0, 0.1) is 5.92 Å². The lowest BCUT2D eigenvalue weighted by Crippen LogP contribution is -2.40. The molecule has 1 heterocycles. The molecule has 2 fully saturated rings. The molecule has 1 saturated heterocycles. The Morgan fingerprint density at radius 2 is 2.05 bits per heavy atom. The predicted molar refractivity (Wildman–Crippen MR) is 75.1 cm³/mol. The molecular weight excluding hydrogens is 258 g/mol. The highest BCUT2D eigenvalue weighted by Crippen LogP contribution is 2.26. The highest BCUT2D eigenvalue weighted by atomic mass is 16.5. The van der Waals surface area contributed by atoms with Crippen LogP contribution >= 0.6 is 0 Å². The zero-order valence-electron chi connectivity index (χ0n) is 12.1. The van der Waals surface area contributed by atoms with Gasteiger partial charge in [-0.3, -0.25) is 4.79 Å². The highest BCUT2D eigenvalue weighted by Gasteiger charge is 2.31. The maximum Gasteiger partial charge on any atom is 0.407 e. The van der Waals surface area contributed by atoms with Crippen molar-refractivity contribution in [2.24, 2.45) is 11.7 Å². The first-order valence-corrected chi connectivity index (χ1v) is 7.48. The predicted octanol–water partition coefficient (Wildman–Crippen LogP) is 0.851. The highest BCUT2D eigenvalue weighted by molar-refractivity contribution is 5.77. The van der Waals surface area contributed by atoms with E-state index in [1.165, 1.54) is 20.0 Å². The van der Waals surface area contributed by atoms with Gasteiger partial charge in [0, 0.05) is 25.6 Å². The summed E-state index contributed by atoms with van der Waals surface area (Å²) in [7, 11) is 1.34. The Bertz CT molecular complexity index is 362. The van der Waals surface area contributed by atoms with Gasteiger partial charge in [0.25, 0.3) is 0 Å². The van der Waals surface area contributed by atoms with Gasteiger partial charge in [-0.25, -0.2) is 4.79 Å². The molecule has 2 aliphatic rings. The number of carbonyl (C=O) groups excluding carboxylic acids is 2. The molecule has 0 bridgehead atoms. The molecule has 20 heavy (non-hydrogen) atoms. The van der Waals surface area contributed by atoms with Crippen LogP contribution in [0.5, 0.6) is 0 Å². The maximum atomic E-state index is 12.3. The normalized spacial score (nSPS) is 30.1. The van der Waals surface area contributed by atoms with Crippen LogP contribution in [0.25, 0.3) is 0 Å². The minimum Gasteiger partial charge on any atom is -0.453 e. The number of nitrogens with one attached hydrogen (secondary N) is 1. The first-order chi connectivity index (χ1) is 9.60. The summed E-state index contributed by atoms with van der Waals surface area (Å²) in [6.07, 6.45) is 5.36. The summed E-state index contributed by atoms with van der Waals surface area (Å²) >= 11 is 0. The summed E-state index contributed by atoms with van der Waals surface area (Å²) in [5, 5.41) is 2.75. The topological polar surface area (TPSA) is 84.7 Å². The minimum atomic E-state index is -0.432. The van der Waals surface area contributed by atoms with Gasteiger partial charge in [-0.1, -0.05) is 12.8 Å². The lowest BCUT2D eigenvalue weighted by atomic mass is 9.83. The molecule has 1 saturated carbocycles. The molecular formula is C14H25N3O3. The van der Waals surface area contributed by atoms with E-state index in [0.717, 1.165) is 19.3 Å². The number of likely N-dealkylation sites (tertiary alicyclic amines) is 1. The van der Waals surface area contributed by atoms with E-state index in [9.17, 15) is 9.59 Å². The fraction of sp³-hybridized carbons (Fsp3) is 0.857.